The fourth-order valence-corrected chi connectivity index (χ4v) is 2.39. The molecule has 0 saturated heterocycles. The van der Waals surface area contributed by atoms with Gasteiger partial charge >= 0.3 is 0 Å². The molecule has 0 aliphatic carbocycles. The maximum atomic E-state index is 11.3. The van der Waals surface area contributed by atoms with Gasteiger partial charge < -0.3 is 0 Å². The zero-order valence-electron chi connectivity index (χ0n) is 13.5. The molecule has 0 spiro atoms. The molecule has 0 aliphatic rings. The van der Waals surface area contributed by atoms with Crippen LogP contribution in [0.4, 0.5) is 5.69 Å². The van der Waals surface area contributed by atoms with Crippen molar-refractivity contribution in [3.05, 3.63) is 45.6 Å². The second-order valence-electron chi connectivity index (χ2n) is 7.49. The van der Waals surface area contributed by atoms with Crippen molar-refractivity contribution in [2.45, 2.75) is 52.4 Å². The molecule has 1 heterocycles. The van der Waals surface area contributed by atoms with Crippen molar-refractivity contribution in [3.8, 4) is 0 Å². The quantitative estimate of drug-likeness (QED) is 0.562. The molecule has 0 N–H and O–H groups in total. The normalized spacial score (nSPS) is 12.7. The van der Waals surface area contributed by atoms with Crippen molar-refractivity contribution < 1.29 is 4.92 Å². The summed E-state index contributed by atoms with van der Waals surface area (Å²) in [6.45, 7) is 12.6. The van der Waals surface area contributed by atoms with Gasteiger partial charge in [0.05, 0.1) is 4.92 Å². The van der Waals surface area contributed by atoms with Gasteiger partial charge in [0.15, 0.2) is 0 Å². The Hall–Kier alpha value is -1.97. The molecule has 2 aromatic rings. The highest BCUT2D eigenvalue weighted by Gasteiger charge is 2.26. The van der Waals surface area contributed by atoms with Crippen molar-refractivity contribution in [2.24, 2.45) is 0 Å². The number of aromatic nitrogens is 1. The number of fused-ring (bicyclic) bond motifs is 1. The first kappa shape index (κ1) is 15.4. The maximum absolute atomic E-state index is 11.3. The summed E-state index contributed by atoms with van der Waals surface area (Å²) in [6.07, 6.45) is 0. The number of hydrogen-bond donors (Lipinski definition) is 0. The molecular weight excluding hydrogens is 264 g/mol. The van der Waals surface area contributed by atoms with Gasteiger partial charge in [-0.2, -0.15) is 0 Å². The Balaban J connectivity index is 2.95. The molecule has 0 saturated carbocycles. The van der Waals surface area contributed by atoms with Gasteiger partial charge in [0.1, 0.15) is 5.52 Å². The summed E-state index contributed by atoms with van der Waals surface area (Å²) in [5, 5.41) is 12.2. The largest absolute Gasteiger partial charge is 0.295 e. The van der Waals surface area contributed by atoms with E-state index in [-0.39, 0.29) is 21.4 Å². The molecule has 4 heteroatoms. The van der Waals surface area contributed by atoms with E-state index in [1.54, 1.807) is 6.07 Å². The lowest BCUT2D eigenvalue weighted by Crippen LogP contribution is -2.18. The molecule has 0 unspecified atom stereocenters. The number of rotatable bonds is 1. The minimum absolute atomic E-state index is 0.0732. The Morgan fingerprint density at radius 1 is 1.05 bits per heavy atom. The van der Waals surface area contributed by atoms with E-state index in [4.69, 9.17) is 0 Å². The van der Waals surface area contributed by atoms with Crippen molar-refractivity contribution in [2.75, 3.05) is 0 Å². The van der Waals surface area contributed by atoms with Crippen molar-refractivity contribution in [1.82, 2.24) is 4.98 Å². The lowest BCUT2D eigenvalue weighted by atomic mass is 9.81. The fourth-order valence-electron chi connectivity index (χ4n) is 2.39. The number of nitrogens with zero attached hydrogens (tertiary/aromatic N) is 2. The number of nitro groups is 1. The van der Waals surface area contributed by atoms with Crippen LogP contribution in [0, 0.1) is 10.1 Å². The third-order valence-electron chi connectivity index (χ3n) is 3.59. The lowest BCUT2D eigenvalue weighted by molar-refractivity contribution is -0.383. The van der Waals surface area contributed by atoms with Crippen molar-refractivity contribution in [1.29, 1.82) is 0 Å². The number of nitro benzene ring substituents is 1. The predicted molar refractivity (Wildman–Crippen MR) is 85.8 cm³/mol. The van der Waals surface area contributed by atoms with E-state index in [1.807, 2.05) is 6.07 Å². The van der Waals surface area contributed by atoms with Gasteiger partial charge in [0, 0.05) is 22.6 Å². The molecule has 1 aromatic carbocycles. The summed E-state index contributed by atoms with van der Waals surface area (Å²) in [4.78, 5) is 15.5. The molecule has 2 rings (SSSR count). The number of hydrogen-bond acceptors (Lipinski definition) is 3. The van der Waals surface area contributed by atoms with E-state index in [0.29, 0.717) is 5.52 Å². The van der Waals surface area contributed by atoms with Gasteiger partial charge in [0.25, 0.3) is 5.69 Å². The number of para-hydroxylation sites is 1. The van der Waals surface area contributed by atoms with Crippen LogP contribution in [-0.2, 0) is 10.8 Å². The zero-order valence-corrected chi connectivity index (χ0v) is 13.5. The van der Waals surface area contributed by atoms with Crippen LogP contribution < -0.4 is 0 Å². The third kappa shape index (κ3) is 2.89. The van der Waals surface area contributed by atoms with Crippen molar-refractivity contribution in [3.63, 3.8) is 0 Å². The third-order valence-corrected chi connectivity index (χ3v) is 3.59. The molecule has 1 aromatic heterocycles. The van der Waals surface area contributed by atoms with E-state index in [9.17, 15) is 10.1 Å². The smallest absolute Gasteiger partial charge is 0.258 e. The second kappa shape index (κ2) is 4.79. The summed E-state index contributed by atoms with van der Waals surface area (Å²) >= 11 is 0. The molecule has 0 amide bonds. The van der Waals surface area contributed by atoms with Crippen LogP contribution in [0.2, 0.25) is 0 Å². The molecule has 21 heavy (non-hydrogen) atoms. The van der Waals surface area contributed by atoms with E-state index in [1.165, 1.54) is 6.07 Å². The van der Waals surface area contributed by atoms with Gasteiger partial charge in [-0.15, -0.1) is 0 Å². The fraction of sp³-hybridized carbons (Fsp3) is 0.471. The van der Waals surface area contributed by atoms with Crippen LogP contribution in [0.3, 0.4) is 0 Å². The van der Waals surface area contributed by atoms with Gasteiger partial charge in [-0.1, -0.05) is 53.7 Å². The summed E-state index contributed by atoms with van der Waals surface area (Å²) < 4.78 is 0. The minimum atomic E-state index is -0.353. The van der Waals surface area contributed by atoms with E-state index >= 15 is 0 Å². The molecule has 112 valence electrons. The van der Waals surface area contributed by atoms with Crippen LogP contribution in [0.15, 0.2) is 24.3 Å². The Labute approximate surface area is 125 Å². The highest BCUT2D eigenvalue weighted by molar-refractivity contribution is 5.90. The van der Waals surface area contributed by atoms with Gasteiger partial charge in [-0.05, 0) is 17.0 Å². The average Bonchev–Trinajstić information content (AvgIpc) is 2.34. The monoisotopic (exact) mass is 286 g/mol. The van der Waals surface area contributed by atoms with Gasteiger partial charge in [-0.3, -0.25) is 10.1 Å². The van der Waals surface area contributed by atoms with Gasteiger partial charge in [-0.25, -0.2) is 4.98 Å². The van der Waals surface area contributed by atoms with Crippen LogP contribution >= 0.6 is 0 Å². The summed E-state index contributed by atoms with van der Waals surface area (Å²) in [6, 6.07) is 7.26. The van der Waals surface area contributed by atoms with E-state index in [0.717, 1.165) is 16.6 Å². The highest BCUT2D eigenvalue weighted by Crippen LogP contribution is 2.36. The van der Waals surface area contributed by atoms with E-state index < -0.39 is 0 Å². The van der Waals surface area contributed by atoms with Crippen LogP contribution in [0.25, 0.3) is 10.9 Å². The second-order valence-corrected chi connectivity index (χ2v) is 7.49. The Kier molecular flexibility index (Phi) is 3.52. The molecule has 0 atom stereocenters. The molecule has 0 fully saturated rings. The van der Waals surface area contributed by atoms with Crippen molar-refractivity contribution >= 4 is 16.6 Å². The van der Waals surface area contributed by atoms with Crippen LogP contribution in [0.5, 0.6) is 0 Å². The van der Waals surface area contributed by atoms with Crippen LogP contribution in [-0.4, -0.2) is 9.91 Å². The molecule has 0 bridgehead atoms. The van der Waals surface area contributed by atoms with E-state index in [2.05, 4.69) is 52.6 Å². The first-order valence-electron chi connectivity index (χ1n) is 7.11. The summed E-state index contributed by atoms with van der Waals surface area (Å²) in [5.74, 6) is 0. The SMILES string of the molecule is CC(C)(C)c1cc(C(C)(C)C)c2cccc([N+](=O)[O-])c2n1. The number of non-ortho nitro benzene ring substituents is 1. The molecule has 4 nitrogen and oxygen atoms in total. The summed E-state index contributed by atoms with van der Waals surface area (Å²) in [7, 11) is 0. The average molecular weight is 286 g/mol. The Bertz CT molecular complexity index is 707. The first-order valence-corrected chi connectivity index (χ1v) is 7.11. The Morgan fingerprint density at radius 3 is 2.14 bits per heavy atom. The zero-order chi connectivity index (χ0) is 16.0. The highest BCUT2D eigenvalue weighted by atomic mass is 16.6. The lowest BCUT2D eigenvalue weighted by Gasteiger charge is -2.25. The molecular formula is C17H22N2O2. The molecule has 0 aliphatic heterocycles. The predicted octanol–water partition coefficient (Wildman–Crippen LogP) is 4.74. The molecule has 0 radical (unpaired) electrons. The topological polar surface area (TPSA) is 56.0 Å². The minimum Gasteiger partial charge on any atom is -0.258 e. The first-order chi connectivity index (χ1) is 9.51. The van der Waals surface area contributed by atoms with Crippen LogP contribution in [0.1, 0.15) is 52.8 Å². The number of pyridine rings is 1. The van der Waals surface area contributed by atoms with Gasteiger partial charge in [0.2, 0.25) is 0 Å². The standard InChI is InChI=1S/C17H22N2O2/c1-16(2,3)12-10-14(17(4,5)6)18-15-11(12)8-7-9-13(15)19(20)21/h7-10H,1-6H3. The Morgan fingerprint density at radius 2 is 1.67 bits per heavy atom. The summed E-state index contributed by atoms with van der Waals surface area (Å²) in [5.41, 5.74) is 2.29. The maximum Gasteiger partial charge on any atom is 0.295 e. The number of benzene rings is 1.